The fourth-order valence-electron chi connectivity index (χ4n) is 3.18. The van der Waals surface area contributed by atoms with Crippen molar-refractivity contribution in [2.45, 2.75) is 33.1 Å². The molecule has 148 valence electrons. The van der Waals surface area contributed by atoms with E-state index in [1.54, 1.807) is 0 Å². The third-order valence-corrected chi connectivity index (χ3v) is 4.91. The lowest BCUT2D eigenvalue weighted by Crippen LogP contribution is -2.40. The molecular weight excluding hydrogens is 439 g/mol. The second-order valence-electron chi connectivity index (χ2n) is 6.75. The Morgan fingerprint density at radius 1 is 1.15 bits per heavy atom. The second-order valence-corrected chi connectivity index (χ2v) is 6.75. The van der Waals surface area contributed by atoms with Gasteiger partial charge in [0.05, 0.1) is 6.54 Å². The molecule has 1 heterocycles. The van der Waals surface area contributed by atoms with Crippen LogP contribution in [0.1, 0.15) is 31.7 Å². The summed E-state index contributed by atoms with van der Waals surface area (Å²) in [6, 6.07) is 8.14. The molecule has 0 radical (unpaired) electrons. The van der Waals surface area contributed by atoms with Crippen LogP contribution in [0, 0.1) is 12.8 Å². The number of aliphatic imine (C=N–C) groups is 1. The van der Waals surface area contributed by atoms with E-state index in [1.807, 2.05) is 19.2 Å². The topological polar surface area (TPSA) is 48.9 Å². The molecule has 1 fully saturated rings. The minimum atomic E-state index is 0. The van der Waals surface area contributed by atoms with E-state index in [-0.39, 0.29) is 24.0 Å². The molecule has 1 aromatic rings. The fraction of sp³-hybridized carbons (Fsp3) is 0.650. The Labute approximate surface area is 176 Å². The van der Waals surface area contributed by atoms with Crippen LogP contribution >= 0.6 is 24.0 Å². The summed E-state index contributed by atoms with van der Waals surface area (Å²) in [4.78, 5) is 6.82. The Hall–Kier alpha value is -1.02. The van der Waals surface area contributed by atoms with Gasteiger partial charge in [-0.1, -0.05) is 24.6 Å². The summed E-state index contributed by atoms with van der Waals surface area (Å²) in [6.07, 6.45) is 3.87. The second kappa shape index (κ2) is 13.2. The standard InChI is InChI=1S/C20H34N4O.HI/c1-4-24-14-10-18(11-15-24)9-12-22-20(21-3)23-13-16-25-19-7-5-17(2)6-8-19;/h5-8,18H,4,9-16H2,1-3H3,(H2,21,22,23);1H. The maximum absolute atomic E-state index is 5.73. The monoisotopic (exact) mass is 474 g/mol. The molecule has 0 saturated carbocycles. The lowest BCUT2D eigenvalue weighted by Gasteiger charge is -2.31. The molecule has 0 bridgehead atoms. The van der Waals surface area contributed by atoms with E-state index in [4.69, 9.17) is 4.74 Å². The highest BCUT2D eigenvalue weighted by Gasteiger charge is 2.17. The van der Waals surface area contributed by atoms with Crippen LogP contribution in [0.4, 0.5) is 0 Å². The maximum atomic E-state index is 5.73. The number of ether oxygens (including phenoxy) is 1. The van der Waals surface area contributed by atoms with E-state index in [0.29, 0.717) is 6.61 Å². The molecule has 0 spiro atoms. The van der Waals surface area contributed by atoms with Crippen LogP contribution < -0.4 is 15.4 Å². The average Bonchev–Trinajstić information content (AvgIpc) is 2.65. The Bertz CT molecular complexity index is 513. The van der Waals surface area contributed by atoms with Crippen molar-refractivity contribution in [1.29, 1.82) is 0 Å². The number of aryl methyl sites for hydroxylation is 1. The van der Waals surface area contributed by atoms with Gasteiger partial charge in [0.15, 0.2) is 5.96 Å². The first-order chi connectivity index (χ1) is 12.2. The molecule has 1 aliphatic heterocycles. The van der Waals surface area contributed by atoms with Gasteiger partial charge in [0.2, 0.25) is 0 Å². The molecule has 2 rings (SSSR count). The predicted octanol–water partition coefficient (Wildman–Crippen LogP) is 3.28. The van der Waals surface area contributed by atoms with Crippen molar-refractivity contribution in [1.82, 2.24) is 15.5 Å². The van der Waals surface area contributed by atoms with Crippen LogP contribution in [0.5, 0.6) is 5.75 Å². The van der Waals surface area contributed by atoms with Gasteiger partial charge in [-0.3, -0.25) is 4.99 Å². The van der Waals surface area contributed by atoms with Gasteiger partial charge in [-0.05, 0) is 63.9 Å². The van der Waals surface area contributed by atoms with Crippen molar-refractivity contribution in [2.24, 2.45) is 10.9 Å². The lowest BCUT2D eigenvalue weighted by atomic mass is 9.93. The van der Waals surface area contributed by atoms with E-state index in [1.165, 1.54) is 44.5 Å². The highest BCUT2D eigenvalue weighted by Crippen LogP contribution is 2.19. The van der Waals surface area contributed by atoms with Gasteiger partial charge in [-0.2, -0.15) is 0 Å². The maximum Gasteiger partial charge on any atom is 0.191 e. The van der Waals surface area contributed by atoms with Gasteiger partial charge < -0.3 is 20.3 Å². The number of guanidine groups is 1. The van der Waals surface area contributed by atoms with E-state index in [0.717, 1.165) is 30.7 Å². The third-order valence-electron chi connectivity index (χ3n) is 4.91. The summed E-state index contributed by atoms with van der Waals surface area (Å²) in [5.41, 5.74) is 1.25. The number of hydrogen-bond acceptors (Lipinski definition) is 3. The number of nitrogens with zero attached hydrogens (tertiary/aromatic N) is 2. The van der Waals surface area contributed by atoms with Gasteiger partial charge in [0.25, 0.3) is 0 Å². The zero-order valence-corrected chi connectivity index (χ0v) is 18.8. The first-order valence-corrected chi connectivity index (χ1v) is 9.57. The SMILES string of the molecule is CCN1CCC(CCNC(=NC)NCCOc2ccc(C)cc2)CC1.I. The lowest BCUT2D eigenvalue weighted by molar-refractivity contribution is 0.187. The van der Waals surface area contributed by atoms with E-state index in [2.05, 4.69) is 46.5 Å². The zero-order valence-electron chi connectivity index (χ0n) is 16.5. The molecule has 5 nitrogen and oxygen atoms in total. The molecule has 0 aromatic heterocycles. The number of piperidine rings is 1. The number of nitrogens with one attached hydrogen (secondary N) is 2. The van der Waals surface area contributed by atoms with Crippen LogP contribution in [-0.2, 0) is 0 Å². The normalized spacial score (nSPS) is 16.0. The van der Waals surface area contributed by atoms with E-state index < -0.39 is 0 Å². The van der Waals surface area contributed by atoms with Gasteiger partial charge in [-0.15, -0.1) is 24.0 Å². The number of halogens is 1. The molecule has 1 saturated heterocycles. The highest BCUT2D eigenvalue weighted by molar-refractivity contribution is 14.0. The van der Waals surface area contributed by atoms with Gasteiger partial charge in [0, 0.05) is 13.6 Å². The summed E-state index contributed by atoms with van der Waals surface area (Å²) in [5, 5.41) is 6.73. The predicted molar refractivity (Wildman–Crippen MR) is 121 cm³/mol. The smallest absolute Gasteiger partial charge is 0.191 e. The molecule has 0 aliphatic carbocycles. The Morgan fingerprint density at radius 3 is 2.42 bits per heavy atom. The summed E-state index contributed by atoms with van der Waals surface area (Å²) in [5.74, 6) is 2.62. The van der Waals surface area contributed by atoms with Crippen molar-refractivity contribution in [3.63, 3.8) is 0 Å². The van der Waals surface area contributed by atoms with Crippen LogP contribution in [0.25, 0.3) is 0 Å². The number of likely N-dealkylation sites (tertiary alicyclic amines) is 1. The number of hydrogen-bond donors (Lipinski definition) is 2. The zero-order chi connectivity index (χ0) is 17.9. The summed E-state index contributed by atoms with van der Waals surface area (Å²) < 4.78 is 5.73. The molecule has 0 atom stereocenters. The van der Waals surface area contributed by atoms with Crippen LogP contribution in [-0.4, -0.2) is 57.2 Å². The van der Waals surface area contributed by atoms with Crippen molar-refractivity contribution in [3.05, 3.63) is 29.8 Å². The third kappa shape index (κ3) is 8.58. The highest BCUT2D eigenvalue weighted by atomic mass is 127. The van der Waals surface area contributed by atoms with Gasteiger partial charge in [-0.25, -0.2) is 0 Å². The van der Waals surface area contributed by atoms with Crippen molar-refractivity contribution in [3.8, 4) is 5.75 Å². The van der Waals surface area contributed by atoms with Crippen molar-refractivity contribution >= 4 is 29.9 Å². The minimum absolute atomic E-state index is 0. The van der Waals surface area contributed by atoms with Crippen molar-refractivity contribution < 1.29 is 4.74 Å². The molecule has 1 aromatic carbocycles. The van der Waals surface area contributed by atoms with Crippen LogP contribution in [0.15, 0.2) is 29.3 Å². The fourth-order valence-corrected chi connectivity index (χ4v) is 3.18. The molecule has 0 amide bonds. The summed E-state index contributed by atoms with van der Waals surface area (Å²) in [6.45, 7) is 10.4. The molecular formula is C20H35IN4O. The molecule has 26 heavy (non-hydrogen) atoms. The Morgan fingerprint density at radius 2 is 1.81 bits per heavy atom. The average molecular weight is 474 g/mol. The molecule has 6 heteroatoms. The Kier molecular flexibility index (Phi) is 11.7. The number of benzene rings is 1. The molecule has 0 unspecified atom stereocenters. The van der Waals surface area contributed by atoms with Crippen molar-refractivity contribution in [2.75, 3.05) is 46.4 Å². The summed E-state index contributed by atoms with van der Waals surface area (Å²) >= 11 is 0. The van der Waals surface area contributed by atoms with E-state index >= 15 is 0 Å². The largest absolute Gasteiger partial charge is 0.492 e. The first-order valence-electron chi connectivity index (χ1n) is 9.57. The van der Waals surface area contributed by atoms with Gasteiger partial charge >= 0.3 is 0 Å². The summed E-state index contributed by atoms with van der Waals surface area (Å²) in [7, 11) is 1.82. The quantitative estimate of drug-likeness (QED) is 0.263. The molecule has 1 aliphatic rings. The minimum Gasteiger partial charge on any atom is -0.492 e. The number of rotatable bonds is 8. The first kappa shape index (κ1) is 23.0. The van der Waals surface area contributed by atoms with Crippen LogP contribution in [0.2, 0.25) is 0 Å². The molecule has 2 N–H and O–H groups in total. The van der Waals surface area contributed by atoms with Gasteiger partial charge in [0.1, 0.15) is 12.4 Å². The van der Waals surface area contributed by atoms with E-state index in [9.17, 15) is 0 Å². The van der Waals surface area contributed by atoms with Crippen LogP contribution in [0.3, 0.4) is 0 Å². The Balaban J connectivity index is 0.00000338.